The molecule has 2 heterocycles. The van der Waals surface area contributed by atoms with Gasteiger partial charge in [-0.05, 0) is 44.2 Å². The van der Waals surface area contributed by atoms with Crippen LogP contribution in [-0.2, 0) is 14.8 Å². The maximum absolute atomic E-state index is 12.2. The summed E-state index contributed by atoms with van der Waals surface area (Å²) in [6.45, 7) is 4.09. The molecular formula is C14H28ClN3O3S. The van der Waals surface area contributed by atoms with Gasteiger partial charge in [0.15, 0.2) is 0 Å². The molecule has 0 aromatic rings. The first-order valence-electron chi connectivity index (χ1n) is 7.72. The van der Waals surface area contributed by atoms with Gasteiger partial charge in [-0.15, -0.1) is 12.4 Å². The van der Waals surface area contributed by atoms with Crippen LogP contribution in [0.1, 0.15) is 32.1 Å². The maximum Gasteiger partial charge on any atom is 0.223 e. The quantitative estimate of drug-likeness (QED) is 0.807. The van der Waals surface area contributed by atoms with Crippen molar-refractivity contribution < 1.29 is 13.2 Å². The number of nitrogens with one attached hydrogen (secondary N) is 1. The van der Waals surface area contributed by atoms with Crippen molar-refractivity contribution in [3.63, 3.8) is 0 Å². The summed E-state index contributed by atoms with van der Waals surface area (Å²) in [5.74, 6) is 0.0780. The van der Waals surface area contributed by atoms with Crippen LogP contribution in [0.15, 0.2) is 0 Å². The van der Waals surface area contributed by atoms with E-state index in [9.17, 15) is 13.2 Å². The minimum absolute atomic E-state index is 0. The van der Waals surface area contributed by atoms with Gasteiger partial charge in [0.1, 0.15) is 0 Å². The summed E-state index contributed by atoms with van der Waals surface area (Å²) >= 11 is 0. The first-order chi connectivity index (χ1) is 9.82. The van der Waals surface area contributed by atoms with Gasteiger partial charge in [0.25, 0.3) is 0 Å². The third-order valence-corrected chi connectivity index (χ3v) is 6.36. The Kier molecular flexibility index (Phi) is 7.11. The Labute approximate surface area is 140 Å². The molecule has 0 aliphatic carbocycles. The largest absolute Gasteiger partial charge is 0.343 e. The molecule has 0 atom stereocenters. The second-order valence-electron chi connectivity index (χ2n) is 6.47. The van der Waals surface area contributed by atoms with Crippen LogP contribution in [0.4, 0.5) is 0 Å². The SMILES string of the molecule is CN(CCC(=O)N1CCC2(CCNCC2)CC1)S(C)(=O)=O.Cl. The highest BCUT2D eigenvalue weighted by Gasteiger charge is 2.36. The molecule has 0 bridgehead atoms. The van der Waals surface area contributed by atoms with E-state index in [2.05, 4.69) is 5.32 Å². The van der Waals surface area contributed by atoms with Gasteiger partial charge in [-0.1, -0.05) is 0 Å². The summed E-state index contributed by atoms with van der Waals surface area (Å²) in [4.78, 5) is 14.1. The summed E-state index contributed by atoms with van der Waals surface area (Å²) in [6.07, 6.45) is 6.04. The molecule has 0 radical (unpaired) electrons. The van der Waals surface area contributed by atoms with Crippen molar-refractivity contribution in [2.75, 3.05) is 46.0 Å². The smallest absolute Gasteiger partial charge is 0.223 e. The van der Waals surface area contributed by atoms with Crippen LogP contribution in [-0.4, -0.2) is 69.6 Å². The minimum Gasteiger partial charge on any atom is -0.343 e. The third-order valence-electron chi connectivity index (χ3n) is 5.05. The second-order valence-corrected chi connectivity index (χ2v) is 8.55. The normalized spacial score (nSPS) is 21.7. The van der Waals surface area contributed by atoms with E-state index in [1.54, 1.807) is 0 Å². The molecule has 2 saturated heterocycles. The first kappa shape index (κ1) is 19.7. The van der Waals surface area contributed by atoms with Crippen molar-refractivity contribution >= 4 is 28.3 Å². The monoisotopic (exact) mass is 353 g/mol. The van der Waals surface area contributed by atoms with Crippen LogP contribution in [0.25, 0.3) is 0 Å². The average molecular weight is 354 g/mol. The average Bonchev–Trinajstić information content (AvgIpc) is 2.45. The van der Waals surface area contributed by atoms with Gasteiger partial charge in [-0.25, -0.2) is 12.7 Å². The van der Waals surface area contributed by atoms with Crippen molar-refractivity contribution in [3.05, 3.63) is 0 Å². The Bertz CT molecular complexity index is 468. The standard InChI is InChI=1S/C14H27N3O3S.ClH/c1-16(21(2,19)20)10-3-13(18)17-11-6-14(7-12-17)4-8-15-9-5-14;/h15H,3-12H2,1-2H3;1H. The number of hydrogen-bond acceptors (Lipinski definition) is 4. The molecule has 6 nitrogen and oxygen atoms in total. The fraction of sp³-hybridized carbons (Fsp3) is 0.929. The lowest BCUT2D eigenvalue weighted by molar-refractivity contribution is -0.133. The van der Waals surface area contributed by atoms with Crippen molar-refractivity contribution in [2.45, 2.75) is 32.1 Å². The van der Waals surface area contributed by atoms with Crippen LogP contribution < -0.4 is 5.32 Å². The highest BCUT2D eigenvalue weighted by Crippen LogP contribution is 2.39. The predicted octanol–water partition coefficient (Wildman–Crippen LogP) is 0.682. The van der Waals surface area contributed by atoms with E-state index in [0.29, 0.717) is 5.41 Å². The molecule has 130 valence electrons. The molecule has 8 heteroatoms. The molecule has 0 aromatic carbocycles. The van der Waals surface area contributed by atoms with Crippen LogP contribution in [0, 0.1) is 5.41 Å². The van der Waals surface area contributed by atoms with Crippen molar-refractivity contribution in [3.8, 4) is 0 Å². The van der Waals surface area contributed by atoms with Crippen molar-refractivity contribution in [1.82, 2.24) is 14.5 Å². The summed E-state index contributed by atoms with van der Waals surface area (Å²) in [6, 6.07) is 0. The number of likely N-dealkylation sites (tertiary alicyclic amines) is 1. The molecule has 2 aliphatic rings. The molecule has 1 spiro atoms. The Morgan fingerprint density at radius 2 is 1.73 bits per heavy atom. The van der Waals surface area contributed by atoms with E-state index in [1.165, 1.54) is 30.5 Å². The highest BCUT2D eigenvalue weighted by atomic mass is 35.5. The fourth-order valence-corrected chi connectivity index (χ4v) is 3.69. The van der Waals surface area contributed by atoms with Crippen LogP contribution in [0.3, 0.4) is 0 Å². The second kappa shape index (κ2) is 7.95. The van der Waals surface area contributed by atoms with Crippen molar-refractivity contribution in [2.24, 2.45) is 5.41 Å². The van der Waals surface area contributed by atoms with E-state index in [-0.39, 0.29) is 31.3 Å². The summed E-state index contributed by atoms with van der Waals surface area (Å²) < 4.78 is 23.9. The summed E-state index contributed by atoms with van der Waals surface area (Å²) in [5.41, 5.74) is 0.436. The minimum atomic E-state index is -3.20. The van der Waals surface area contributed by atoms with E-state index < -0.39 is 10.0 Å². The van der Waals surface area contributed by atoms with Gasteiger partial charge < -0.3 is 10.2 Å². The van der Waals surface area contributed by atoms with E-state index in [4.69, 9.17) is 0 Å². The highest BCUT2D eigenvalue weighted by molar-refractivity contribution is 7.88. The number of amides is 1. The zero-order valence-electron chi connectivity index (χ0n) is 13.5. The van der Waals surface area contributed by atoms with Crippen LogP contribution in [0.5, 0.6) is 0 Å². The Morgan fingerprint density at radius 1 is 1.18 bits per heavy atom. The predicted molar refractivity (Wildman–Crippen MR) is 89.7 cm³/mol. The molecule has 22 heavy (non-hydrogen) atoms. The number of piperidine rings is 2. The molecule has 2 fully saturated rings. The van der Waals surface area contributed by atoms with Gasteiger partial charge in [-0.3, -0.25) is 4.79 Å². The van der Waals surface area contributed by atoms with E-state index in [0.717, 1.165) is 39.0 Å². The van der Waals surface area contributed by atoms with Gasteiger partial charge >= 0.3 is 0 Å². The molecule has 0 saturated carbocycles. The van der Waals surface area contributed by atoms with Gasteiger partial charge in [-0.2, -0.15) is 0 Å². The topological polar surface area (TPSA) is 69.7 Å². The number of rotatable bonds is 4. The summed E-state index contributed by atoms with van der Waals surface area (Å²) in [5, 5.41) is 3.39. The number of halogens is 1. The number of hydrogen-bond donors (Lipinski definition) is 1. The number of carbonyl (C=O) groups is 1. The van der Waals surface area contributed by atoms with Crippen LogP contribution in [0.2, 0.25) is 0 Å². The molecule has 1 N–H and O–H groups in total. The molecule has 2 rings (SSSR count). The molecule has 0 unspecified atom stereocenters. The van der Waals surface area contributed by atoms with Gasteiger partial charge in [0.2, 0.25) is 15.9 Å². The fourth-order valence-electron chi connectivity index (χ4n) is 3.26. The lowest BCUT2D eigenvalue weighted by Crippen LogP contribution is -2.47. The Hall–Kier alpha value is -0.370. The molecule has 2 aliphatic heterocycles. The number of sulfonamides is 1. The number of carbonyl (C=O) groups excluding carboxylic acids is 1. The van der Waals surface area contributed by atoms with Crippen molar-refractivity contribution in [1.29, 1.82) is 0 Å². The molecule has 0 aromatic heterocycles. The number of nitrogens with zero attached hydrogens (tertiary/aromatic N) is 2. The van der Waals surface area contributed by atoms with E-state index in [1.807, 2.05) is 4.90 Å². The zero-order valence-corrected chi connectivity index (χ0v) is 15.1. The van der Waals surface area contributed by atoms with Crippen LogP contribution >= 0.6 is 12.4 Å². The molecule has 1 amide bonds. The van der Waals surface area contributed by atoms with Gasteiger partial charge in [0, 0.05) is 33.1 Å². The maximum atomic E-state index is 12.2. The lowest BCUT2D eigenvalue weighted by Gasteiger charge is -2.44. The zero-order chi connectivity index (χ0) is 15.5. The Balaban J connectivity index is 0.00000242. The van der Waals surface area contributed by atoms with Gasteiger partial charge in [0.05, 0.1) is 6.26 Å². The third kappa shape index (κ3) is 5.08. The Morgan fingerprint density at radius 3 is 2.23 bits per heavy atom. The summed E-state index contributed by atoms with van der Waals surface area (Å²) in [7, 11) is -1.68. The molecular weight excluding hydrogens is 326 g/mol. The first-order valence-corrected chi connectivity index (χ1v) is 9.57. The van der Waals surface area contributed by atoms with E-state index >= 15 is 0 Å². The lowest BCUT2D eigenvalue weighted by atomic mass is 9.71.